The molecule has 1 aromatic carbocycles. The van der Waals surface area contributed by atoms with Crippen molar-refractivity contribution in [2.75, 3.05) is 20.2 Å². The van der Waals surface area contributed by atoms with Gasteiger partial charge >= 0.3 is 0 Å². The lowest BCUT2D eigenvalue weighted by atomic mass is 10.2. The number of sulfonamides is 1. The van der Waals surface area contributed by atoms with Crippen LogP contribution in [0.3, 0.4) is 0 Å². The van der Waals surface area contributed by atoms with Crippen molar-refractivity contribution in [3.8, 4) is 0 Å². The van der Waals surface area contributed by atoms with Crippen LogP contribution in [0.5, 0.6) is 0 Å². The van der Waals surface area contributed by atoms with Gasteiger partial charge in [-0.15, -0.1) is 0 Å². The Morgan fingerprint density at radius 1 is 1.44 bits per heavy atom. The van der Waals surface area contributed by atoms with Gasteiger partial charge in [0.1, 0.15) is 5.82 Å². The molecule has 5 nitrogen and oxygen atoms in total. The number of rotatable bonds is 4. The van der Waals surface area contributed by atoms with Crippen LogP contribution < -0.4 is 10.0 Å². The first-order chi connectivity index (χ1) is 8.53. The number of benzene rings is 1. The highest BCUT2D eigenvalue weighted by molar-refractivity contribution is 7.89. The molecule has 1 unspecified atom stereocenters. The molecule has 2 atom stereocenters. The van der Waals surface area contributed by atoms with Crippen LogP contribution in [0, 0.1) is 5.82 Å². The number of halogens is 1. The van der Waals surface area contributed by atoms with Crippen LogP contribution in [0.4, 0.5) is 4.39 Å². The van der Waals surface area contributed by atoms with E-state index < -0.39 is 15.8 Å². The van der Waals surface area contributed by atoms with Gasteiger partial charge in [0.15, 0.2) is 0 Å². The van der Waals surface area contributed by atoms with Crippen LogP contribution >= 0.6 is 0 Å². The molecule has 0 saturated carbocycles. The maximum atomic E-state index is 13.0. The van der Waals surface area contributed by atoms with Crippen molar-refractivity contribution in [1.29, 1.82) is 0 Å². The molecule has 1 aliphatic rings. The first kappa shape index (κ1) is 13.4. The standard InChI is InChI=1S/C11H15FN2O3S/c1-17-11-7-13-6-10(11)14-18(15,16)9-4-2-3-8(12)5-9/h2-5,10-11,13-14H,6-7H2,1H3/t10?,11-/m0/s1. The fourth-order valence-corrected chi connectivity index (χ4v) is 3.22. The summed E-state index contributed by atoms with van der Waals surface area (Å²) in [4.78, 5) is -0.0794. The average Bonchev–Trinajstić information content (AvgIpc) is 2.75. The summed E-state index contributed by atoms with van der Waals surface area (Å²) in [5.74, 6) is -0.578. The summed E-state index contributed by atoms with van der Waals surface area (Å²) in [7, 11) is -2.19. The zero-order chi connectivity index (χ0) is 13.2. The number of hydrogen-bond donors (Lipinski definition) is 2. The highest BCUT2D eigenvalue weighted by Gasteiger charge is 2.31. The summed E-state index contributed by atoms with van der Waals surface area (Å²) in [6.45, 7) is 1.08. The van der Waals surface area contributed by atoms with E-state index in [0.29, 0.717) is 13.1 Å². The van der Waals surface area contributed by atoms with Gasteiger partial charge in [0.2, 0.25) is 10.0 Å². The first-order valence-corrected chi connectivity index (χ1v) is 7.02. The second-order valence-corrected chi connectivity index (χ2v) is 5.83. The molecule has 0 bridgehead atoms. The largest absolute Gasteiger partial charge is 0.378 e. The van der Waals surface area contributed by atoms with Crippen LogP contribution in [-0.2, 0) is 14.8 Å². The molecule has 0 aliphatic carbocycles. The van der Waals surface area contributed by atoms with Gasteiger partial charge in [-0.3, -0.25) is 0 Å². The molecule has 2 N–H and O–H groups in total. The number of methoxy groups -OCH3 is 1. The van der Waals surface area contributed by atoms with Crippen molar-refractivity contribution in [3.05, 3.63) is 30.1 Å². The molecule has 1 aromatic rings. The van der Waals surface area contributed by atoms with E-state index in [1.165, 1.54) is 25.3 Å². The van der Waals surface area contributed by atoms with Crippen molar-refractivity contribution in [1.82, 2.24) is 10.0 Å². The molecule has 1 aliphatic heterocycles. The Bertz CT molecular complexity index is 521. The van der Waals surface area contributed by atoms with Gasteiger partial charge in [-0.05, 0) is 18.2 Å². The zero-order valence-corrected chi connectivity index (χ0v) is 10.7. The number of nitrogens with one attached hydrogen (secondary N) is 2. The van der Waals surface area contributed by atoms with Gasteiger partial charge in [0.25, 0.3) is 0 Å². The van der Waals surface area contributed by atoms with Gasteiger partial charge in [-0.1, -0.05) is 6.07 Å². The Balaban J connectivity index is 2.17. The summed E-state index contributed by atoms with van der Waals surface area (Å²) in [5, 5.41) is 3.03. The van der Waals surface area contributed by atoms with Crippen LogP contribution in [-0.4, -0.2) is 40.8 Å². The topological polar surface area (TPSA) is 67.4 Å². The summed E-state index contributed by atoms with van der Waals surface area (Å²) in [6, 6.07) is 4.57. The Kier molecular flexibility index (Phi) is 3.96. The smallest absolute Gasteiger partial charge is 0.241 e. The van der Waals surface area contributed by atoms with E-state index in [9.17, 15) is 12.8 Å². The third-order valence-electron chi connectivity index (χ3n) is 2.87. The summed E-state index contributed by atoms with van der Waals surface area (Å²) in [5.41, 5.74) is 0. The Hall–Kier alpha value is -1.02. The van der Waals surface area contributed by atoms with Crippen molar-refractivity contribution < 1.29 is 17.5 Å². The second kappa shape index (κ2) is 5.31. The molecule has 2 rings (SSSR count). The third-order valence-corrected chi connectivity index (χ3v) is 4.36. The Labute approximate surface area is 105 Å². The lowest BCUT2D eigenvalue weighted by molar-refractivity contribution is 0.103. The maximum absolute atomic E-state index is 13.0. The molecule has 0 spiro atoms. The fraction of sp³-hybridized carbons (Fsp3) is 0.455. The molecule has 1 heterocycles. The molecule has 100 valence electrons. The molecule has 0 aromatic heterocycles. The Morgan fingerprint density at radius 3 is 2.89 bits per heavy atom. The van der Waals surface area contributed by atoms with Crippen molar-refractivity contribution in [2.24, 2.45) is 0 Å². The van der Waals surface area contributed by atoms with E-state index in [1.807, 2.05) is 0 Å². The quantitative estimate of drug-likeness (QED) is 0.816. The monoisotopic (exact) mass is 274 g/mol. The minimum Gasteiger partial charge on any atom is -0.378 e. The lowest BCUT2D eigenvalue weighted by Crippen LogP contribution is -2.43. The third kappa shape index (κ3) is 2.86. The maximum Gasteiger partial charge on any atom is 0.241 e. The van der Waals surface area contributed by atoms with Crippen molar-refractivity contribution >= 4 is 10.0 Å². The number of hydrogen-bond acceptors (Lipinski definition) is 4. The van der Waals surface area contributed by atoms with E-state index >= 15 is 0 Å². The minimum absolute atomic E-state index is 0.0794. The molecule has 7 heteroatoms. The minimum atomic E-state index is -3.72. The van der Waals surface area contributed by atoms with E-state index in [1.54, 1.807) is 0 Å². The van der Waals surface area contributed by atoms with Crippen LogP contribution in [0.2, 0.25) is 0 Å². The molecular formula is C11H15FN2O3S. The van der Waals surface area contributed by atoms with Gasteiger partial charge in [0.05, 0.1) is 17.0 Å². The molecule has 18 heavy (non-hydrogen) atoms. The highest BCUT2D eigenvalue weighted by atomic mass is 32.2. The van der Waals surface area contributed by atoms with Gasteiger partial charge < -0.3 is 10.1 Å². The number of ether oxygens (including phenoxy) is 1. The molecular weight excluding hydrogens is 259 g/mol. The molecule has 1 saturated heterocycles. The van der Waals surface area contributed by atoms with Gasteiger partial charge in [-0.2, -0.15) is 0 Å². The van der Waals surface area contributed by atoms with E-state index in [-0.39, 0.29) is 17.0 Å². The lowest BCUT2D eigenvalue weighted by Gasteiger charge is -2.18. The fourth-order valence-electron chi connectivity index (χ4n) is 1.92. The summed E-state index contributed by atoms with van der Waals surface area (Å²) in [6.07, 6.45) is -0.215. The predicted molar refractivity (Wildman–Crippen MR) is 64.2 cm³/mol. The average molecular weight is 274 g/mol. The van der Waals surface area contributed by atoms with Gasteiger partial charge in [-0.25, -0.2) is 17.5 Å². The zero-order valence-electron chi connectivity index (χ0n) is 9.89. The van der Waals surface area contributed by atoms with Crippen molar-refractivity contribution in [3.63, 3.8) is 0 Å². The molecule has 1 fully saturated rings. The molecule has 0 amide bonds. The van der Waals surface area contributed by atoms with Crippen LogP contribution in [0.15, 0.2) is 29.2 Å². The van der Waals surface area contributed by atoms with E-state index in [2.05, 4.69) is 10.0 Å². The van der Waals surface area contributed by atoms with Crippen LogP contribution in [0.1, 0.15) is 0 Å². The second-order valence-electron chi connectivity index (χ2n) is 4.12. The van der Waals surface area contributed by atoms with E-state index in [0.717, 1.165) is 6.07 Å². The Morgan fingerprint density at radius 2 is 2.22 bits per heavy atom. The summed E-state index contributed by atoms with van der Waals surface area (Å²) < 4.78 is 44.8. The predicted octanol–water partition coefficient (Wildman–Crippen LogP) is 0.0908. The highest BCUT2D eigenvalue weighted by Crippen LogP contribution is 2.13. The summed E-state index contributed by atoms with van der Waals surface area (Å²) >= 11 is 0. The normalized spacial score (nSPS) is 24.3. The van der Waals surface area contributed by atoms with Crippen LogP contribution in [0.25, 0.3) is 0 Å². The van der Waals surface area contributed by atoms with Gasteiger partial charge in [0, 0.05) is 20.2 Å². The van der Waals surface area contributed by atoms with Crippen molar-refractivity contribution in [2.45, 2.75) is 17.0 Å². The first-order valence-electron chi connectivity index (χ1n) is 5.54. The van der Waals surface area contributed by atoms with E-state index in [4.69, 9.17) is 4.74 Å². The SMILES string of the molecule is CO[C@H]1CNCC1NS(=O)(=O)c1cccc(F)c1. The molecule has 0 radical (unpaired) electrons.